The Morgan fingerprint density at radius 2 is 2.06 bits per heavy atom. The highest BCUT2D eigenvalue weighted by Gasteiger charge is 2.20. The van der Waals surface area contributed by atoms with Crippen LogP contribution in [0.5, 0.6) is 11.5 Å². The number of benzene rings is 1. The van der Waals surface area contributed by atoms with E-state index < -0.39 is 0 Å². The van der Waals surface area contributed by atoms with Crippen LogP contribution in [0.2, 0.25) is 0 Å². The van der Waals surface area contributed by atoms with Gasteiger partial charge in [0.15, 0.2) is 0 Å². The Bertz CT molecular complexity index is 610. The van der Waals surface area contributed by atoms with Crippen molar-refractivity contribution in [1.82, 2.24) is 4.98 Å². The summed E-state index contributed by atoms with van der Waals surface area (Å²) in [5.41, 5.74) is 2.13. The number of aromatic nitrogens is 1. The molecule has 0 aliphatic carbocycles. The fraction of sp³-hybridized carbons (Fsp3) is 0.357. The number of fused-ring (bicyclic) bond motifs is 2. The van der Waals surface area contributed by atoms with Crippen molar-refractivity contribution in [1.29, 1.82) is 0 Å². The van der Waals surface area contributed by atoms with Gasteiger partial charge in [0.25, 0.3) is 0 Å². The normalized spacial score (nSPS) is 17.4. The highest BCUT2D eigenvalue weighted by atomic mass is 16.5. The molecule has 1 aliphatic heterocycles. The first-order valence-corrected chi connectivity index (χ1v) is 6.03. The molecule has 1 atom stereocenters. The molecule has 0 amide bonds. The van der Waals surface area contributed by atoms with Gasteiger partial charge in [-0.05, 0) is 31.0 Å². The van der Waals surface area contributed by atoms with Crippen molar-refractivity contribution in [2.45, 2.75) is 19.4 Å². The largest absolute Gasteiger partial charge is 0.497 e. The van der Waals surface area contributed by atoms with E-state index in [-0.39, 0.29) is 0 Å². The van der Waals surface area contributed by atoms with E-state index in [0.717, 1.165) is 34.6 Å². The summed E-state index contributed by atoms with van der Waals surface area (Å²) in [6, 6.07) is 6.46. The smallest absolute Gasteiger partial charge is 0.148 e. The maximum atomic E-state index is 5.39. The average molecular weight is 244 g/mol. The van der Waals surface area contributed by atoms with Crippen LogP contribution in [0, 0.1) is 0 Å². The van der Waals surface area contributed by atoms with Gasteiger partial charge in [0.05, 0.1) is 14.2 Å². The number of anilines is 1. The molecule has 0 spiro atoms. The van der Waals surface area contributed by atoms with Crippen molar-refractivity contribution in [3.63, 3.8) is 0 Å². The summed E-state index contributed by atoms with van der Waals surface area (Å²) in [6.45, 7) is 2.16. The van der Waals surface area contributed by atoms with Crippen LogP contribution in [0.1, 0.15) is 12.5 Å². The first kappa shape index (κ1) is 11.1. The first-order chi connectivity index (χ1) is 8.71. The molecule has 1 unspecified atom stereocenters. The molecular weight excluding hydrogens is 228 g/mol. The molecule has 1 aliphatic rings. The molecule has 0 saturated heterocycles. The molecule has 94 valence electrons. The zero-order valence-corrected chi connectivity index (χ0v) is 10.8. The van der Waals surface area contributed by atoms with Crippen molar-refractivity contribution in [3.05, 3.63) is 23.8 Å². The number of hydrogen-bond acceptors (Lipinski definition) is 4. The second-order valence-corrected chi connectivity index (χ2v) is 4.65. The molecule has 0 radical (unpaired) electrons. The molecule has 2 heterocycles. The van der Waals surface area contributed by atoms with Crippen molar-refractivity contribution in [2.24, 2.45) is 0 Å². The summed E-state index contributed by atoms with van der Waals surface area (Å²) in [5, 5.41) is 4.43. The van der Waals surface area contributed by atoms with Gasteiger partial charge in [-0.2, -0.15) is 0 Å². The summed E-state index contributed by atoms with van der Waals surface area (Å²) in [6.07, 6.45) is 1.01. The van der Waals surface area contributed by atoms with Crippen molar-refractivity contribution in [3.8, 4) is 11.5 Å². The summed E-state index contributed by atoms with van der Waals surface area (Å²) in [5.74, 6) is 2.51. The van der Waals surface area contributed by atoms with E-state index in [0.29, 0.717) is 6.04 Å². The number of pyridine rings is 1. The van der Waals surface area contributed by atoms with Gasteiger partial charge in [-0.25, -0.2) is 4.98 Å². The minimum absolute atomic E-state index is 0.442. The lowest BCUT2D eigenvalue weighted by molar-refractivity contribution is 0.397. The standard InChI is InChI=1S/C14H16N2O2/c1-8-4-10-5-9-6-11(17-2)7-12(18-3)13(9)16-14(10)15-8/h5-8H,4H2,1-3H3,(H,15,16). The van der Waals surface area contributed by atoms with E-state index in [1.165, 1.54) is 5.56 Å². The first-order valence-electron chi connectivity index (χ1n) is 6.03. The van der Waals surface area contributed by atoms with E-state index in [1.54, 1.807) is 14.2 Å². The number of rotatable bonds is 2. The van der Waals surface area contributed by atoms with E-state index in [1.807, 2.05) is 12.1 Å². The van der Waals surface area contributed by atoms with E-state index >= 15 is 0 Å². The van der Waals surface area contributed by atoms with Gasteiger partial charge in [0.1, 0.15) is 22.8 Å². The molecule has 2 aromatic rings. The average Bonchev–Trinajstić information content (AvgIpc) is 2.73. The number of ether oxygens (including phenoxy) is 2. The Balaban J connectivity index is 2.25. The molecule has 1 N–H and O–H groups in total. The predicted octanol–water partition coefficient (Wildman–Crippen LogP) is 2.61. The molecule has 0 saturated carbocycles. The van der Waals surface area contributed by atoms with Gasteiger partial charge in [0, 0.05) is 17.5 Å². The van der Waals surface area contributed by atoms with Crippen LogP contribution in [0.15, 0.2) is 18.2 Å². The summed E-state index contributed by atoms with van der Waals surface area (Å²) in [7, 11) is 3.31. The van der Waals surface area contributed by atoms with Crippen LogP contribution < -0.4 is 14.8 Å². The highest BCUT2D eigenvalue weighted by Crippen LogP contribution is 2.34. The van der Waals surface area contributed by atoms with Crippen LogP contribution in [-0.4, -0.2) is 25.2 Å². The Kier molecular flexibility index (Phi) is 2.51. The van der Waals surface area contributed by atoms with Gasteiger partial charge < -0.3 is 14.8 Å². The Hall–Kier alpha value is -1.97. The third-order valence-corrected chi connectivity index (χ3v) is 3.30. The highest BCUT2D eigenvalue weighted by molar-refractivity contribution is 5.89. The molecule has 0 bridgehead atoms. The van der Waals surface area contributed by atoms with Gasteiger partial charge in [0.2, 0.25) is 0 Å². The lowest BCUT2D eigenvalue weighted by Gasteiger charge is -2.09. The zero-order chi connectivity index (χ0) is 12.7. The number of methoxy groups -OCH3 is 2. The van der Waals surface area contributed by atoms with E-state index in [4.69, 9.17) is 9.47 Å². The maximum absolute atomic E-state index is 5.39. The minimum atomic E-state index is 0.442. The maximum Gasteiger partial charge on any atom is 0.148 e. The Labute approximate surface area is 106 Å². The number of nitrogens with one attached hydrogen (secondary N) is 1. The third kappa shape index (κ3) is 1.65. The van der Waals surface area contributed by atoms with Crippen LogP contribution in [-0.2, 0) is 6.42 Å². The van der Waals surface area contributed by atoms with Crippen molar-refractivity contribution < 1.29 is 9.47 Å². The Morgan fingerprint density at radius 1 is 1.22 bits per heavy atom. The van der Waals surface area contributed by atoms with Gasteiger partial charge in [-0.3, -0.25) is 0 Å². The molecule has 1 aromatic carbocycles. The molecule has 18 heavy (non-hydrogen) atoms. The molecule has 1 aromatic heterocycles. The Morgan fingerprint density at radius 3 is 2.78 bits per heavy atom. The fourth-order valence-electron chi connectivity index (χ4n) is 2.44. The van der Waals surface area contributed by atoms with E-state index in [2.05, 4.69) is 23.3 Å². The summed E-state index contributed by atoms with van der Waals surface area (Å²) >= 11 is 0. The lowest BCUT2D eigenvalue weighted by atomic mass is 10.1. The molecule has 4 nitrogen and oxygen atoms in total. The van der Waals surface area contributed by atoms with Crippen LogP contribution in [0.25, 0.3) is 10.9 Å². The molecule has 4 heteroatoms. The predicted molar refractivity (Wildman–Crippen MR) is 71.6 cm³/mol. The quantitative estimate of drug-likeness (QED) is 0.881. The fourth-order valence-corrected chi connectivity index (χ4v) is 2.44. The second kappa shape index (κ2) is 4.05. The summed E-state index contributed by atoms with van der Waals surface area (Å²) in [4.78, 5) is 4.66. The molecule has 0 fully saturated rings. The number of hydrogen-bond donors (Lipinski definition) is 1. The number of nitrogens with zero attached hydrogens (tertiary/aromatic N) is 1. The summed E-state index contributed by atoms with van der Waals surface area (Å²) < 4.78 is 10.7. The van der Waals surface area contributed by atoms with Crippen LogP contribution in [0.3, 0.4) is 0 Å². The second-order valence-electron chi connectivity index (χ2n) is 4.65. The van der Waals surface area contributed by atoms with Gasteiger partial charge >= 0.3 is 0 Å². The molecule has 3 rings (SSSR count). The van der Waals surface area contributed by atoms with E-state index in [9.17, 15) is 0 Å². The van der Waals surface area contributed by atoms with Crippen molar-refractivity contribution >= 4 is 16.7 Å². The van der Waals surface area contributed by atoms with Gasteiger partial charge in [-0.15, -0.1) is 0 Å². The monoisotopic (exact) mass is 244 g/mol. The molecular formula is C14H16N2O2. The zero-order valence-electron chi connectivity index (χ0n) is 10.8. The van der Waals surface area contributed by atoms with Crippen LogP contribution >= 0.6 is 0 Å². The van der Waals surface area contributed by atoms with Gasteiger partial charge in [-0.1, -0.05) is 0 Å². The lowest BCUT2D eigenvalue weighted by Crippen LogP contribution is -2.08. The van der Waals surface area contributed by atoms with Crippen LogP contribution in [0.4, 0.5) is 5.82 Å². The minimum Gasteiger partial charge on any atom is -0.497 e. The van der Waals surface area contributed by atoms with Crippen molar-refractivity contribution in [2.75, 3.05) is 19.5 Å². The topological polar surface area (TPSA) is 43.4 Å². The SMILES string of the molecule is COc1cc(OC)c2nc3c(cc2c1)CC(C)N3. The third-order valence-electron chi connectivity index (χ3n) is 3.30.